The van der Waals surface area contributed by atoms with Gasteiger partial charge in [0.05, 0.1) is 5.60 Å². The van der Waals surface area contributed by atoms with Gasteiger partial charge in [-0.3, -0.25) is 4.79 Å². The number of fused-ring (bicyclic) bond motifs is 9. The van der Waals surface area contributed by atoms with Crippen LogP contribution in [0, 0.1) is 28.6 Å². The summed E-state index contributed by atoms with van der Waals surface area (Å²) in [6.45, 7) is 8.80. The second-order valence-corrected chi connectivity index (χ2v) is 10.2. The molecule has 8 unspecified atom stereocenters. The zero-order valence-electron chi connectivity index (χ0n) is 16.3. The lowest BCUT2D eigenvalue weighted by Gasteiger charge is -2.56. The van der Waals surface area contributed by atoms with E-state index in [1.165, 1.54) is 12.8 Å². The van der Waals surface area contributed by atoms with Gasteiger partial charge < -0.3 is 10.4 Å². The molecule has 1 aliphatic heterocycles. The Morgan fingerprint density at radius 2 is 2.12 bits per heavy atom. The Morgan fingerprint density at radius 1 is 1.31 bits per heavy atom. The molecule has 142 valence electrons. The van der Waals surface area contributed by atoms with Crippen LogP contribution in [-0.2, 0) is 4.79 Å². The van der Waals surface area contributed by atoms with Crippen LogP contribution in [0.5, 0.6) is 0 Å². The Hall–Kier alpha value is -0.930. The van der Waals surface area contributed by atoms with E-state index in [-0.39, 0.29) is 28.6 Å². The average molecular weight is 356 g/mol. The number of carbonyl (C=O) groups excluding carboxylic acids is 1. The highest BCUT2D eigenvalue weighted by Gasteiger charge is 2.70. The van der Waals surface area contributed by atoms with Gasteiger partial charge in [0, 0.05) is 23.4 Å². The number of aliphatic hydroxyl groups is 1. The third-order valence-electron chi connectivity index (χ3n) is 9.22. The van der Waals surface area contributed by atoms with Crippen LogP contribution in [0.2, 0.25) is 0 Å². The molecular weight excluding hydrogens is 322 g/mol. The summed E-state index contributed by atoms with van der Waals surface area (Å²) >= 11 is 0. The molecule has 4 aliphatic carbocycles. The van der Waals surface area contributed by atoms with Gasteiger partial charge in [-0.1, -0.05) is 25.8 Å². The van der Waals surface area contributed by atoms with Crippen LogP contribution >= 0.6 is 0 Å². The number of nitrogens with one attached hydrogen (secondary N) is 1. The van der Waals surface area contributed by atoms with E-state index in [1.54, 1.807) is 0 Å². The number of hydrogen-bond donors (Lipinski definition) is 2. The number of hydrogen-bond acceptors (Lipinski definition) is 3. The van der Waals surface area contributed by atoms with Crippen molar-refractivity contribution in [3.8, 4) is 0 Å². The second-order valence-electron chi connectivity index (χ2n) is 10.2. The van der Waals surface area contributed by atoms with Gasteiger partial charge >= 0.3 is 0 Å². The summed E-state index contributed by atoms with van der Waals surface area (Å²) in [7, 11) is 0. The smallest absolute Gasteiger partial charge is 0.159 e. The number of piperidine rings is 1. The molecule has 8 atom stereocenters. The molecule has 5 rings (SSSR count). The minimum atomic E-state index is -0.888. The van der Waals surface area contributed by atoms with Gasteiger partial charge in [0.15, 0.2) is 5.78 Å². The van der Waals surface area contributed by atoms with Gasteiger partial charge in [-0.15, -0.1) is 6.58 Å². The normalized spacial score (nSPS) is 55.4. The van der Waals surface area contributed by atoms with Gasteiger partial charge in [0.25, 0.3) is 0 Å². The minimum absolute atomic E-state index is 0.0377. The molecular formula is C23H33NO2. The summed E-state index contributed by atoms with van der Waals surface area (Å²) in [6.07, 6.45) is 12.5. The molecule has 2 bridgehead atoms. The standard InChI is InChI=1S/C23H33NO2/c1-4-22-10-8-14(2)24-19(22)11-15-13-23(22,26)17-12-18(25)16-7-5-6-9-21(16,3)20(15)17/h4,12,14-16,19-20,24,26H,1,5-11,13H2,2-3H3. The second kappa shape index (κ2) is 5.32. The fraction of sp³-hybridized carbons (Fsp3) is 0.783. The molecule has 0 amide bonds. The highest BCUT2D eigenvalue weighted by molar-refractivity contribution is 5.95. The van der Waals surface area contributed by atoms with Crippen molar-refractivity contribution in [2.75, 3.05) is 0 Å². The first-order valence-electron chi connectivity index (χ1n) is 10.7. The Morgan fingerprint density at radius 3 is 2.88 bits per heavy atom. The van der Waals surface area contributed by atoms with E-state index < -0.39 is 5.60 Å². The highest BCUT2D eigenvalue weighted by Crippen LogP contribution is 2.69. The summed E-state index contributed by atoms with van der Waals surface area (Å²) < 4.78 is 0. The molecule has 1 heterocycles. The largest absolute Gasteiger partial charge is 0.385 e. The Bertz CT molecular complexity index is 698. The van der Waals surface area contributed by atoms with Crippen molar-refractivity contribution in [1.82, 2.24) is 5.32 Å². The maximum atomic E-state index is 13.1. The van der Waals surface area contributed by atoms with Crippen molar-refractivity contribution in [3.05, 3.63) is 24.3 Å². The van der Waals surface area contributed by atoms with E-state index in [1.807, 2.05) is 12.2 Å². The Kier molecular flexibility index (Phi) is 3.52. The van der Waals surface area contributed by atoms with Crippen molar-refractivity contribution in [1.29, 1.82) is 0 Å². The van der Waals surface area contributed by atoms with Crippen LogP contribution in [0.4, 0.5) is 0 Å². The molecule has 0 spiro atoms. The van der Waals surface area contributed by atoms with Crippen LogP contribution in [-0.4, -0.2) is 28.6 Å². The molecule has 3 saturated carbocycles. The van der Waals surface area contributed by atoms with Crippen molar-refractivity contribution in [2.45, 2.75) is 82.9 Å². The van der Waals surface area contributed by atoms with Crippen molar-refractivity contribution in [3.63, 3.8) is 0 Å². The number of allylic oxidation sites excluding steroid dienone is 1. The number of ketones is 1. The van der Waals surface area contributed by atoms with Gasteiger partial charge in [0.1, 0.15) is 0 Å². The quantitative estimate of drug-likeness (QED) is 0.704. The number of carbonyl (C=O) groups is 1. The monoisotopic (exact) mass is 355 g/mol. The fourth-order valence-electron chi connectivity index (χ4n) is 8.05. The van der Waals surface area contributed by atoms with Gasteiger partial charge in [-0.25, -0.2) is 0 Å². The van der Waals surface area contributed by atoms with Crippen LogP contribution in [0.15, 0.2) is 24.3 Å². The third-order valence-corrected chi connectivity index (χ3v) is 9.22. The van der Waals surface area contributed by atoms with E-state index in [4.69, 9.17) is 0 Å². The van der Waals surface area contributed by atoms with E-state index in [2.05, 4.69) is 25.7 Å². The molecule has 0 aromatic rings. The zero-order valence-corrected chi connectivity index (χ0v) is 16.3. The minimum Gasteiger partial charge on any atom is -0.385 e. The Labute approximate surface area is 157 Å². The summed E-state index contributed by atoms with van der Waals surface area (Å²) in [6, 6.07) is 0.768. The fourth-order valence-corrected chi connectivity index (χ4v) is 8.05. The third kappa shape index (κ3) is 1.84. The van der Waals surface area contributed by atoms with Crippen LogP contribution in [0.1, 0.15) is 65.2 Å². The summed E-state index contributed by atoms with van der Waals surface area (Å²) in [5, 5.41) is 15.9. The summed E-state index contributed by atoms with van der Waals surface area (Å²) in [5.74, 6) is 1.31. The maximum Gasteiger partial charge on any atom is 0.159 e. The molecule has 4 fully saturated rings. The van der Waals surface area contributed by atoms with Crippen LogP contribution in [0.25, 0.3) is 0 Å². The first kappa shape index (κ1) is 17.2. The molecule has 3 nitrogen and oxygen atoms in total. The maximum absolute atomic E-state index is 13.1. The van der Waals surface area contributed by atoms with Crippen molar-refractivity contribution in [2.24, 2.45) is 28.6 Å². The number of rotatable bonds is 1. The first-order valence-corrected chi connectivity index (χ1v) is 10.7. The molecule has 0 aromatic heterocycles. The Balaban J connectivity index is 1.67. The van der Waals surface area contributed by atoms with E-state index in [9.17, 15) is 9.90 Å². The van der Waals surface area contributed by atoms with Crippen LogP contribution in [0.3, 0.4) is 0 Å². The predicted molar refractivity (Wildman–Crippen MR) is 103 cm³/mol. The first-order chi connectivity index (χ1) is 12.4. The van der Waals surface area contributed by atoms with Crippen molar-refractivity contribution >= 4 is 5.78 Å². The lowest BCUT2D eigenvalue weighted by atomic mass is 9.53. The molecule has 1 saturated heterocycles. The highest BCUT2D eigenvalue weighted by atomic mass is 16.3. The van der Waals surface area contributed by atoms with E-state index in [0.717, 1.165) is 44.1 Å². The topological polar surface area (TPSA) is 49.3 Å². The van der Waals surface area contributed by atoms with Gasteiger partial charge in [-0.2, -0.15) is 0 Å². The summed E-state index contributed by atoms with van der Waals surface area (Å²) in [5.41, 5.74) is -0.0988. The SMILES string of the molecule is C=CC12CCC(C)NC1CC1CC2(O)C2=CC(=O)C3CCCCC3(C)C21. The lowest BCUT2D eigenvalue weighted by Crippen LogP contribution is -2.64. The predicted octanol–water partition coefficient (Wildman–Crippen LogP) is 3.78. The van der Waals surface area contributed by atoms with Gasteiger partial charge in [-0.05, 0) is 74.3 Å². The molecule has 2 N–H and O–H groups in total. The molecule has 5 aliphatic rings. The van der Waals surface area contributed by atoms with Crippen LogP contribution < -0.4 is 5.32 Å². The van der Waals surface area contributed by atoms with E-state index >= 15 is 0 Å². The molecule has 0 radical (unpaired) electrons. The molecule has 26 heavy (non-hydrogen) atoms. The van der Waals surface area contributed by atoms with E-state index in [0.29, 0.717) is 17.9 Å². The lowest BCUT2D eigenvalue weighted by molar-refractivity contribution is -0.127. The van der Waals surface area contributed by atoms with Crippen molar-refractivity contribution < 1.29 is 9.90 Å². The molecule has 0 aromatic carbocycles. The zero-order chi connectivity index (χ0) is 18.3. The average Bonchev–Trinajstić information content (AvgIpc) is 2.85. The molecule has 3 heteroatoms. The van der Waals surface area contributed by atoms with Gasteiger partial charge in [0.2, 0.25) is 0 Å². The summed E-state index contributed by atoms with van der Waals surface area (Å²) in [4.78, 5) is 13.1.